The van der Waals surface area contributed by atoms with Gasteiger partial charge >= 0.3 is 17.9 Å². The maximum atomic E-state index is 12.5. The van der Waals surface area contributed by atoms with Crippen LogP contribution in [0.25, 0.3) is 0 Å². The van der Waals surface area contributed by atoms with Crippen molar-refractivity contribution in [3.63, 3.8) is 0 Å². The van der Waals surface area contributed by atoms with Crippen molar-refractivity contribution in [1.29, 1.82) is 0 Å². The number of anilines is 1. The Morgan fingerprint density at radius 3 is 2.06 bits per heavy atom. The molecule has 8 nitrogen and oxygen atoms in total. The molecule has 0 unspecified atom stereocenters. The molecule has 1 heterocycles. The molecule has 1 N–H and O–H groups in total. The van der Waals surface area contributed by atoms with E-state index < -0.39 is 24.5 Å². The molecule has 0 aliphatic heterocycles. The van der Waals surface area contributed by atoms with E-state index in [-0.39, 0.29) is 46.0 Å². The second kappa shape index (κ2) is 11.6. The lowest BCUT2D eigenvalue weighted by molar-refractivity contribution is -0.153. The van der Waals surface area contributed by atoms with E-state index in [4.69, 9.17) is 14.2 Å². The predicted octanol–water partition coefficient (Wildman–Crippen LogP) is 4.74. The highest BCUT2D eigenvalue weighted by Gasteiger charge is 2.33. The first-order chi connectivity index (χ1) is 15.5. The molecule has 1 aliphatic rings. The number of rotatable bonds is 8. The molecule has 33 heavy (non-hydrogen) atoms. The average Bonchev–Trinajstić information content (AvgIpc) is 3.07. The van der Waals surface area contributed by atoms with E-state index >= 15 is 0 Å². The molecule has 2 rings (SSSR count). The van der Waals surface area contributed by atoms with Crippen LogP contribution in [0.2, 0.25) is 0 Å². The quantitative estimate of drug-likeness (QED) is 0.422. The van der Waals surface area contributed by atoms with E-state index in [1.807, 2.05) is 0 Å². The van der Waals surface area contributed by atoms with Gasteiger partial charge in [-0.05, 0) is 63.4 Å². The molecule has 1 aromatic heterocycles. The van der Waals surface area contributed by atoms with Gasteiger partial charge in [0.1, 0.15) is 9.88 Å². The van der Waals surface area contributed by atoms with Crippen molar-refractivity contribution in [3.05, 3.63) is 16.0 Å². The van der Waals surface area contributed by atoms with Crippen molar-refractivity contribution in [2.45, 2.75) is 67.2 Å². The first kappa shape index (κ1) is 26.8. The number of hydrogen-bond donors (Lipinski definition) is 1. The van der Waals surface area contributed by atoms with Gasteiger partial charge in [0.15, 0.2) is 6.61 Å². The summed E-state index contributed by atoms with van der Waals surface area (Å²) in [7, 11) is 0. The third-order valence-corrected chi connectivity index (χ3v) is 7.16. The first-order valence-corrected chi connectivity index (χ1v) is 12.2. The Bertz CT molecular complexity index is 876. The summed E-state index contributed by atoms with van der Waals surface area (Å²) in [5.74, 6) is -1.83. The van der Waals surface area contributed by atoms with Crippen LogP contribution in [0.5, 0.6) is 0 Å². The van der Waals surface area contributed by atoms with Crippen molar-refractivity contribution >= 4 is 40.2 Å². The minimum atomic E-state index is -0.648. The average molecular weight is 482 g/mol. The largest absolute Gasteiger partial charge is 0.462 e. The van der Waals surface area contributed by atoms with Crippen LogP contribution in [0, 0.1) is 24.2 Å². The van der Waals surface area contributed by atoms with Crippen molar-refractivity contribution in [3.8, 4) is 0 Å². The molecule has 1 saturated carbocycles. The van der Waals surface area contributed by atoms with E-state index in [1.165, 1.54) is 0 Å². The van der Waals surface area contributed by atoms with Crippen LogP contribution in [-0.4, -0.2) is 43.6 Å². The molecule has 0 radical (unpaired) electrons. The molecule has 9 heteroatoms. The van der Waals surface area contributed by atoms with Gasteiger partial charge in [-0.15, -0.1) is 11.3 Å². The standard InChI is InChI=1S/C24H35NO7S/c1-7-30-22(28)18-14(3)19(23(29)31-8-2)33-20(18)25-17(26)13-32-21(27)15-9-11-16(12-10-15)24(4,5)6/h15-16H,7-13H2,1-6H3,(H,25,26). The second-order valence-electron chi connectivity index (χ2n) is 9.27. The van der Waals surface area contributed by atoms with Gasteiger partial charge in [0.25, 0.3) is 5.91 Å². The summed E-state index contributed by atoms with van der Waals surface area (Å²) in [6, 6.07) is 0. The van der Waals surface area contributed by atoms with E-state index in [2.05, 4.69) is 26.1 Å². The van der Waals surface area contributed by atoms with Gasteiger partial charge in [-0.25, -0.2) is 9.59 Å². The van der Waals surface area contributed by atoms with E-state index in [1.54, 1.807) is 20.8 Å². The summed E-state index contributed by atoms with van der Waals surface area (Å²) < 4.78 is 15.4. The molecular weight excluding hydrogens is 446 g/mol. The number of carbonyl (C=O) groups excluding carboxylic acids is 4. The van der Waals surface area contributed by atoms with E-state index in [9.17, 15) is 19.2 Å². The van der Waals surface area contributed by atoms with Gasteiger partial charge < -0.3 is 19.5 Å². The third kappa shape index (κ3) is 7.03. The Balaban J connectivity index is 2.01. The number of carbonyl (C=O) groups is 4. The normalized spacial score (nSPS) is 18.4. The van der Waals surface area contributed by atoms with Crippen LogP contribution in [0.1, 0.15) is 85.9 Å². The lowest BCUT2D eigenvalue weighted by Gasteiger charge is -2.36. The molecule has 0 saturated heterocycles. The van der Waals surface area contributed by atoms with Crippen LogP contribution in [0.4, 0.5) is 5.00 Å². The molecule has 0 spiro atoms. The highest BCUT2D eigenvalue weighted by Crippen LogP contribution is 2.40. The van der Waals surface area contributed by atoms with Crippen molar-refractivity contribution < 1.29 is 33.4 Å². The van der Waals surface area contributed by atoms with Gasteiger partial charge in [-0.3, -0.25) is 9.59 Å². The fourth-order valence-corrected chi connectivity index (χ4v) is 5.16. The Morgan fingerprint density at radius 2 is 1.52 bits per heavy atom. The molecule has 184 valence electrons. The Labute approximate surface area is 199 Å². The molecule has 0 atom stereocenters. The van der Waals surface area contributed by atoms with Crippen molar-refractivity contribution in [2.24, 2.45) is 17.3 Å². The summed E-state index contributed by atoms with van der Waals surface area (Å²) in [5, 5.41) is 2.75. The van der Waals surface area contributed by atoms with Gasteiger partial charge in [0, 0.05) is 0 Å². The summed E-state index contributed by atoms with van der Waals surface area (Å²) in [6.45, 7) is 11.4. The molecule has 1 fully saturated rings. The lowest BCUT2D eigenvalue weighted by Crippen LogP contribution is -2.31. The van der Waals surface area contributed by atoms with Crippen LogP contribution in [-0.2, 0) is 23.8 Å². The van der Waals surface area contributed by atoms with Crippen LogP contribution < -0.4 is 5.32 Å². The highest BCUT2D eigenvalue weighted by atomic mass is 32.1. The van der Waals surface area contributed by atoms with Crippen LogP contribution >= 0.6 is 11.3 Å². The zero-order chi connectivity index (χ0) is 24.8. The number of ether oxygens (including phenoxy) is 3. The molecule has 1 aliphatic carbocycles. The summed E-state index contributed by atoms with van der Waals surface area (Å²) in [6.07, 6.45) is 3.43. The summed E-state index contributed by atoms with van der Waals surface area (Å²) >= 11 is 0.934. The Morgan fingerprint density at radius 1 is 0.939 bits per heavy atom. The zero-order valence-corrected chi connectivity index (χ0v) is 21.2. The van der Waals surface area contributed by atoms with Crippen molar-refractivity contribution in [1.82, 2.24) is 0 Å². The smallest absolute Gasteiger partial charge is 0.348 e. The zero-order valence-electron chi connectivity index (χ0n) is 20.4. The Kier molecular flexibility index (Phi) is 9.46. The maximum absolute atomic E-state index is 12.5. The van der Waals surface area contributed by atoms with Gasteiger partial charge in [-0.1, -0.05) is 20.8 Å². The summed E-state index contributed by atoms with van der Waals surface area (Å²) in [4.78, 5) is 49.8. The fourth-order valence-electron chi connectivity index (χ4n) is 4.05. The van der Waals surface area contributed by atoms with E-state index in [0.29, 0.717) is 11.5 Å². The molecule has 0 aromatic carbocycles. The molecular formula is C24H35NO7S. The summed E-state index contributed by atoms with van der Waals surface area (Å²) in [5.41, 5.74) is 0.692. The number of hydrogen-bond acceptors (Lipinski definition) is 8. The molecule has 1 aromatic rings. The minimum absolute atomic E-state index is 0.102. The van der Waals surface area contributed by atoms with Gasteiger partial charge in [0.05, 0.1) is 24.7 Å². The number of amides is 1. The highest BCUT2D eigenvalue weighted by molar-refractivity contribution is 7.18. The van der Waals surface area contributed by atoms with Crippen LogP contribution in [0.3, 0.4) is 0 Å². The maximum Gasteiger partial charge on any atom is 0.348 e. The monoisotopic (exact) mass is 481 g/mol. The number of thiophene rings is 1. The fraction of sp³-hybridized carbons (Fsp3) is 0.667. The van der Waals surface area contributed by atoms with Crippen LogP contribution in [0.15, 0.2) is 0 Å². The van der Waals surface area contributed by atoms with Gasteiger partial charge in [0.2, 0.25) is 0 Å². The first-order valence-electron chi connectivity index (χ1n) is 11.4. The van der Waals surface area contributed by atoms with Gasteiger partial charge in [-0.2, -0.15) is 0 Å². The third-order valence-electron chi connectivity index (χ3n) is 5.97. The van der Waals surface area contributed by atoms with E-state index in [0.717, 1.165) is 37.0 Å². The molecule has 0 bridgehead atoms. The topological polar surface area (TPSA) is 108 Å². The SMILES string of the molecule is CCOC(=O)c1sc(NC(=O)COC(=O)C2CCC(C(C)(C)C)CC2)c(C(=O)OCC)c1C. The number of esters is 3. The second-order valence-corrected chi connectivity index (χ2v) is 10.3. The minimum Gasteiger partial charge on any atom is -0.462 e. The Hall–Kier alpha value is -2.42. The number of nitrogens with one attached hydrogen (secondary N) is 1. The lowest BCUT2D eigenvalue weighted by atomic mass is 9.70. The van der Waals surface area contributed by atoms with Crippen molar-refractivity contribution in [2.75, 3.05) is 25.1 Å². The predicted molar refractivity (Wildman–Crippen MR) is 125 cm³/mol. The molecule has 1 amide bonds.